The lowest BCUT2D eigenvalue weighted by molar-refractivity contribution is -0.385. The molecule has 19 heavy (non-hydrogen) atoms. The summed E-state index contributed by atoms with van der Waals surface area (Å²) in [7, 11) is 1.31. The van der Waals surface area contributed by atoms with Gasteiger partial charge in [-0.1, -0.05) is 0 Å². The number of hydrogen-bond acceptors (Lipinski definition) is 8. The third-order valence-electron chi connectivity index (χ3n) is 2.28. The van der Waals surface area contributed by atoms with Crippen molar-refractivity contribution in [3.63, 3.8) is 0 Å². The van der Waals surface area contributed by atoms with E-state index in [1.165, 1.54) is 19.8 Å². The standard InChI is InChI=1S/C9H11N7O3/c1-19-9-7(16(17)18)8(12-4-13-9)10-3-2-6-11-5-14-15-6/h4-5H,2-3H2,1H3,(H,10,12,13)(H,11,14,15). The topological polar surface area (TPSA) is 132 Å². The van der Waals surface area contributed by atoms with E-state index < -0.39 is 4.92 Å². The van der Waals surface area contributed by atoms with Crippen molar-refractivity contribution in [3.05, 3.63) is 28.6 Å². The first-order chi connectivity index (χ1) is 9.22. The third-order valence-corrected chi connectivity index (χ3v) is 2.28. The average Bonchev–Trinajstić information content (AvgIpc) is 2.91. The van der Waals surface area contributed by atoms with Crippen molar-refractivity contribution < 1.29 is 9.66 Å². The molecule has 0 amide bonds. The highest BCUT2D eigenvalue weighted by atomic mass is 16.6. The fourth-order valence-electron chi connectivity index (χ4n) is 1.46. The molecule has 0 unspecified atom stereocenters. The molecule has 0 spiro atoms. The fourth-order valence-corrected chi connectivity index (χ4v) is 1.46. The second-order valence-electron chi connectivity index (χ2n) is 3.45. The van der Waals surface area contributed by atoms with Crippen LogP contribution in [0.2, 0.25) is 0 Å². The molecule has 0 aromatic carbocycles. The summed E-state index contributed by atoms with van der Waals surface area (Å²) < 4.78 is 4.84. The van der Waals surface area contributed by atoms with Crippen LogP contribution < -0.4 is 10.1 Å². The van der Waals surface area contributed by atoms with Gasteiger partial charge in [0.05, 0.1) is 12.0 Å². The van der Waals surface area contributed by atoms with Gasteiger partial charge < -0.3 is 10.1 Å². The van der Waals surface area contributed by atoms with Gasteiger partial charge in [0, 0.05) is 13.0 Å². The number of ether oxygens (including phenoxy) is 1. The smallest absolute Gasteiger partial charge is 0.372 e. The molecule has 0 radical (unpaired) electrons. The molecule has 2 aromatic rings. The Kier molecular flexibility index (Phi) is 3.81. The van der Waals surface area contributed by atoms with Gasteiger partial charge in [-0.05, 0) is 0 Å². The summed E-state index contributed by atoms with van der Waals surface area (Å²) in [6.45, 7) is 0.413. The van der Waals surface area contributed by atoms with Gasteiger partial charge in [0.1, 0.15) is 18.5 Å². The Morgan fingerprint density at radius 3 is 2.89 bits per heavy atom. The summed E-state index contributed by atoms with van der Waals surface area (Å²) in [6.07, 6.45) is 3.12. The molecule has 0 bridgehead atoms. The molecule has 0 aliphatic rings. The first-order valence-electron chi connectivity index (χ1n) is 5.34. The Bertz CT molecular complexity index is 557. The van der Waals surface area contributed by atoms with Crippen molar-refractivity contribution in [2.75, 3.05) is 19.0 Å². The Balaban J connectivity index is 2.09. The number of hydrogen-bond donors (Lipinski definition) is 2. The molecule has 0 atom stereocenters. The van der Waals surface area contributed by atoms with Crippen LogP contribution in [-0.2, 0) is 6.42 Å². The zero-order chi connectivity index (χ0) is 13.7. The van der Waals surface area contributed by atoms with Gasteiger partial charge in [0.25, 0.3) is 5.88 Å². The van der Waals surface area contributed by atoms with Crippen molar-refractivity contribution in [2.45, 2.75) is 6.42 Å². The lowest BCUT2D eigenvalue weighted by Crippen LogP contribution is -2.10. The number of nitro groups is 1. The van der Waals surface area contributed by atoms with Crippen molar-refractivity contribution in [1.29, 1.82) is 0 Å². The number of aromatic nitrogens is 5. The summed E-state index contributed by atoms with van der Waals surface area (Å²) >= 11 is 0. The molecule has 2 aromatic heterocycles. The van der Waals surface area contributed by atoms with Gasteiger partial charge in [0.15, 0.2) is 0 Å². The van der Waals surface area contributed by atoms with Crippen LogP contribution in [-0.4, -0.2) is 43.7 Å². The lowest BCUT2D eigenvalue weighted by Gasteiger charge is -2.06. The number of H-pyrrole nitrogens is 1. The van der Waals surface area contributed by atoms with Crippen LogP contribution in [0, 0.1) is 10.1 Å². The highest BCUT2D eigenvalue weighted by molar-refractivity contribution is 5.60. The lowest BCUT2D eigenvalue weighted by atomic mass is 10.4. The highest BCUT2D eigenvalue weighted by Crippen LogP contribution is 2.30. The van der Waals surface area contributed by atoms with Crippen molar-refractivity contribution in [2.24, 2.45) is 0 Å². The molecule has 2 rings (SSSR count). The van der Waals surface area contributed by atoms with Gasteiger partial charge in [0.2, 0.25) is 5.82 Å². The van der Waals surface area contributed by atoms with Gasteiger partial charge in [-0.3, -0.25) is 15.2 Å². The van der Waals surface area contributed by atoms with Gasteiger partial charge in [-0.15, -0.1) is 0 Å². The molecule has 0 saturated heterocycles. The number of nitrogens with zero attached hydrogens (tertiary/aromatic N) is 5. The van der Waals surface area contributed by atoms with E-state index >= 15 is 0 Å². The van der Waals surface area contributed by atoms with E-state index in [-0.39, 0.29) is 17.4 Å². The van der Waals surface area contributed by atoms with E-state index in [1.807, 2.05) is 0 Å². The monoisotopic (exact) mass is 265 g/mol. The molecule has 100 valence electrons. The first-order valence-corrected chi connectivity index (χ1v) is 5.34. The summed E-state index contributed by atoms with van der Waals surface area (Å²) in [5.74, 6) is 0.703. The number of rotatable bonds is 6. The Hall–Kier alpha value is -2.78. The zero-order valence-corrected chi connectivity index (χ0v) is 10.0. The maximum absolute atomic E-state index is 11.0. The van der Waals surface area contributed by atoms with E-state index in [4.69, 9.17) is 4.74 Å². The van der Waals surface area contributed by atoms with Crippen LogP contribution >= 0.6 is 0 Å². The Morgan fingerprint density at radius 1 is 1.42 bits per heavy atom. The second kappa shape index (κ2) is 5.71. The molecule has 10 nitrogen and oxygen atoms in total. The number of anilines is 1. The maximum Gasteiger partial charge on any atom is 0.372 e. The first kappa shape index (κ1) is 12.7. The van der Waals surface area contributed by atoms with E-state index in [9.17, 15) is 10.1 Å². The van der Waals surface area contributed by atoms with Crippen LogP contribution in [0.1, 0.15) is 5.82 Å². The van der Waals surface area contributed by atoms with E-state index in [2.05, 4.69) is 30.5 Å². The molecule has 0 fully saturated rings. The molecule has 0 aliphatic carbocycles. The average molecular weight is 265 g/mol. The number of nitrogens with one attached hydrogen (secondary N) is 2. The van der Waals surface area contributed by atoms with E-state index in [0.717, 1.165) is 0 Å². The van der Waals surface area contributed by atoms with Crippen molar-refractivity contribution in [1.82, 2.24) is 25.1 Å². The highest BCUT2D eigenvalue weighted by Gasteiger charge is 2.23. The third kappa shape index (κ3) is 2.91. The zero-order valence-electron chi connectivity index (χ0n) is 10.0. The Labute approximate surface area is 107 Å². The van der Waals surface area contributed by atoms with Crippen LogP contribution in [0.5, 0.6) is 5.88 Å². The molecule has 2 N–H and O–H groups in total. The molecule has 0 saturated carbocycles. The fraction of sp³-hybridized carbons (Fsp3) is 0.333. The van der Waals surface area contributed by atoms with Gasteiger partial charge >= 0.3 is 5.69 Å². The summed E-state index contributed by atoms with van der Waals surface area (Å²) in [6, 6.07) is 0. The SMILES string of the molecule is COc1ncnc(NCCc2ncn[nH]2)c1[N+](=O)[O-]. The normalized spacial score (nSPS) is 10.2. The number of methoxy groups -OCH3 is 1. The molecular weight excluding hydrogens is 254 g/mol. The molecule has 10 heteroatoms. The molecule has 0 aliphatic heterocycles. The van der Waals surface area contributed by atoms with Gasteiger partial charge in [-0.25, -0.2) is 9.97 Å². The minimum atomic E-state index is -0.588. The largest absolute Gasteiger partial charge is 0.476 e. The van der Waals surface area contributed by atoms with Crippen LogP contribution in [0.15, 0.2) is 12.7 Å². The Morgan fingerprint density at radius 2 is 2.26 bits per heavy atom. The molecule has 2 heterocycles. The predicted molar refractivity (Wildman–Crippen MR) is 63.8 cm³/mol. The maximum atomic E-state index is 11.0. The summed E-state index contributed by atoms with van der Waals surface area (Å²) in [4.78, 5) is 21.9. The minimum absolute atomic E-state index is 0.0813. The predicted octanol–water partition coefficient (Wildman–Crippen LogP) is 0.166. The van der Waals surface area contributed by atoms with Crippen LogP contribution in [0.25, 0.3) is 0 Å². The molecular formula is C9H11N7O3. The van der Waals surface area contributed by atoms with Gasteiger partial charge in [-0.2, -0.15) is 10.1 Å². The van der Waals surface area contributed by atoms with Crippen molar-refractivity contribution in [3.8, 4) is 5.88 Å². The summed E-state index contributed by atoms with van der Waals surface area (Å²) in [5, 5.41) is 20.2. The van der Waals surface area contributed by atoms with E-state index in [1.54, 1.807) is 0 Å². The van der Waals surface area contributed by atoms with E-state index in [0.29, 0.717) is 18.8 Å². The number of aromatic amines is 1. The van der Waals surface area contributed by atoms with Crippen molar-refractivity contribution >= 4 is 11.5 Å². The quantitative estimate of drug-likeness (QED) is 0.557. The van der Waals surface area contributed by atoms with Crippen LogP contribution in [0.4, 0.5) is 11.5 Å². The van der Waals surface area contributed by atoms with Crippen LogP contribution in [0.3, 0.4) is 0 Å². The summed E-state index contributed by atoms with van der Waals surface area (Å²) in [5.41, 5.74) is -0.289. The minimum Gasteiger partial charge on any atom is -0.476 e. The second-order valence-corrected chi connectivity index (χ2v) is 3.45.